The van der Waals surface area contributed by atoms with Gasteiger partial charge in [0.1, 0.15) is 0 Å². The molecular formula is C16H27BN2O2. The van der Waals surface area contributed by atoms with Crippen LogP contribution in [0, 0.1) is 5.92 Å². The molecule has 4 nitrogen and oxygen atoms in total. The highest BCUT2D eigenvalue weighted by Gasteiger charge is 2.19. The Labute approximate surface area is 128 Å². The number of nitrogens with zero attached hydrogens (tertiary/aromatic N) is 2. The van der Waals surface area contributed by atoms with Gasteiger partial charge in [-0.15, -0.1) is 0 Å². The molecule has 0 amide bonds. The van der Waals surface area contributed by atoms with Gasteiger partial charge in [0.05, 0.1) is 11.3 Å². The first-order valence-electron chi connectivity index (χ1n) is 8.42. The van der Waals surface area contributed by atoms with Crippen LogP contribution in [0.3, 0.4) is 0 Å². The number of unbranched alkanes of at least 4 members (excludes halogenated alkanes) is 6. The van der Waals surface area contributed by atoms with Crippen molar-refractivity contribution in [3.63, 3.8) is 0 Å². The van der Waals surface area contributed by atoms with E-state index in [9.17, 15) is 0 Å². The van der Waals surface area contributed by atoms with Crippen LogP contribution < -0.4 is 5.59 Å². The molecule has 0 radical (unpaired) electrons. The van der Waals surface area contributed by atoms with Crippen LogP contribution in [-0.4, -0.2) is 27.1 Å². The number of hydrogen-bond donors (Lipinski definition) is 2. The summed E-state index contributed by atoms with van der Waals surface area (Å²) >= 11 is 0. The molecule has 0 bridgehead atoms. The third-order valence-electron chi connectivity index (χ3n) is 4.23. The molecule has 1 aromatic rings. The third kappa shape index (κ3) is 7.05. The van der Waals surface area contributed by atoms with Crippen molar-refractivity contribution in [3.05, 3.63) is 18.1 Å². The van der Waals surface area contributed by atoms with Crippen molar-refractivity contribution in [2.24, 2.45) is 5.92 Å². The van der Waals surface area contributed by atoms with Gasteiger partial charge in [0.25, 0.3) is 0 Å². The maximum Gasteiger partial charge on any atom is 0.509 e. The Morgan fingerprint density at radius 3 is 2.14 bits per heavy atom. The van der Waals surface area contributed by atoms with E-state index >= 15 is 0 Å². The minimum atomic E-state index is -1.52. The van der Waals surface area contributed by atoms with E-state index in [1.165, 1.54) is 64.0 Å². The molecule has 1 saturated carbocycles. The molecule has 0 atom stereocenters. The minimum absolute atomic E-state index is 0.213. The molecule has 5 heteroatoms. The second kappa shape index (κ2) is 9.16. The predicted molar refractivity (Wildman–Crippen MR) is 85.2 cm³/mol. The van der Waals surface area contributed by atoms with Crippen molar-refractivity contribution in [1.82, 2.24) is 9.97 Å². The SMILES string of the molecule is OB(O)c1cnc(CCCCCCCCCC2CC2)cn1. The summed E-state index contributed by atoms with van der Waals surface area (Å²) in [6.45, 7) is 0. The summed E-state index contributed by atoms with van der Waals surface area (Å²) in [6.07, 6.45) is 17.7. The van der Waals surface area contributed by atoms with Gasteiger partial charge in [-0.2, -0.15) is 0 Å². The fourth-order valence-corrected chi connectivity index (χ4v) is 2.66. The maximum atomic E-state index is 8.94. The number of rotatable bonds is 11. The Bertz CT molecular complexity index is 394. The smallest absolute Gasteiger partial charge is 0.422 e. The van der Waals surface area contributed by atoms with Crippen LogP contribution >= 0.6 is 0 Å². The highest BCUT2D eigenvalue weighted by Crippen LogP contribution is 2.34. The van der Waals surface area contributed by atoms with Crippen molar-refractivity contribution in [1.29, 1.82) is 0 Å². The lowest BCUT2D eigenvalue weighted by Gasteiger charge is -2.03. The van der Waals surface area contributed by atoms with E-state index in [4.69, 9.17) is 10.0 Å². The largest absolute Gasteiger partial charge is 0.509 e. The molecule has 0 aliphatic heterocycles. The van der Waals surface area contributed by atoms with Crippen LogP contribution in [-0.2, 0) is 6.42 Å². The number of aromatic nitrogens is 2. The highest BCUT2D eigenvalue weighted by molar-refractivity contribution is 6.57. The van der Waals surface area contributed by atoms with E-state index in [1.807, 2.05) is 0 Å². The summed E-state index contributed by atoms with van der Waals surface area (Å²) in [7, 11) is -1.52. The zero-order chi connectivity index (χ0) is 14.9. The van der Waals surface area contributed by atoms with E-state index in [1.54, 1.807) is 6.20 Å². The van der Waals surface area contributed by atoms with Gasteiger partial charge in [-0.3, -0.25) is 9.97 Å². The molecule has 0 saturated heterocycles. The summed E-state index contributed by atoms with van der Waals surface area (Å²) in [5.74, 6) is 1.09. The lowest BCUT2D eigenvalue weighted by Crippen LogP contribution is -2.33. The Hall–Kier alpha value is -0.935. The van der Waals surface area contributed by atoms with Gasteiger partial charge in [0, 0.05) is 12.4 Å². The monoisotopic (exact) mass is 290 g/mol. The van der Waals surface area contributed by atoms with Crippen molar-refractivity contribution < 1.29 is 10.0 Å². The first-order chi connectivity index (χ1) is 10.3. The molecule has 1 fully saturated rings. The molecule has 1 aliphatic rings. The Balaban J connectivity index is 1.43. The van der Waals surface area contributed by atoms with Crippen molar-refractivity contribution in [2.45, 2.75) is 70.6 Å². The Kier molecular flexibility index (Phi) is 7.17. The first-order valence-corrected chi connectivity index (χ1v) is 8.42. The van der Waals surface area contributed by atoms with Gasteiger partial charge in [-0.05, 0) is 18.8 Å². The summed E-state index contributed by atoms with van der Waals surface area (Å²) in [5.41, 5.74) is 1.15. The van der Waals surface area contributed by atoms with Crippen molar-refractivity contribution in [3.8, 4) is 0 Å². The van der Waals surface area contributed by atoms with E-state index in [2.05, 4.69) is 9.97 Å². The molecule has 0 spiro atoms. The quantitative estimate of drug-likeness (QED) is 0.484. The van der Waals surface area contributed by atoms with Crippen LogP contribution in [0.2, 0.25) is 0 Å². The van der Waals surface area contributed by atoms with Gasteiger partial charge >= 0.3 is 7.12 Å². The second-order valence-electron chi connectivity index (χ2n) is 6.26. The van der Waals surface area contributed by atoms with Gasteiger partial charge in [0.15, 0.2) is 0 Å². The van der Waals surface area contributed by atoms with E-state index < -0.39 is 7.12 Å². The van der Waals surface area contributed by atoms with E-state index in [0.29, 0.717) is 0 Å². The third-order valence-corrected chi connectivity index (χ3v) is 4.23. The summed E-state index contributed by atoms with van der Waals surface area (Å²) in [5, 5.41) is 17.9. The van der Waals surface area contributed by atoms with Gasteiger partial charge in [0.2, 0.25) is 0 Å². The fraction of sp³-hybridized carbons (Fsp3) is 0.750. The van der Waals surface area contributed by atoms with E-state index in [0.717, 1.165) is 24.5 Å². The molecule has 116 valence electrons. The zero-order valence-electron chi connectivity index (χ0n) is 12.9. The standard InChI is InChI=1S/C16H27BN2O2/c20-17(21)16-13-18-15(12-19-16)9-7-5-3-1-2-4-6-8-14-10-11-14/h12-14,20-21H,1-11H2. The van der Waals surface area contributed by atoms with Crippen molar-refractivity contribution in [2.75, 3.05) is 0 Å². The average Bonchev–Trinajstić information content (AvgIpc) is 3.30. The molecule has 1 heterocycles. The number of hydrogen-bond acceptors (Lipinski definition) is 4. The maximum absolute atomic E-state index is 8.94. The van der Waals surface area contributed by atoms with Gasteiger partial charge in [-0.1, -0.05) is 57.8 Å². The topological polar surface area (TPSA) is 66.2 Å². The van der Waals surface area contributed by atoms with Crippen LogP contribution in [0.15, 0.2) is 12.4 Å². The van der Waals surface area contributed by atoms with Crippen LogP contribution in [0.1, 0.15) is 69.9 Å². The van der Waals surface area contributed by atoms with Crippen LogP contribution in [0.5, 0.6) is 0 Å². The molecular weight excluding hydrogens is 263 g/mol. The summed E-state index contributed by atoms with van der Waals surface area (Å²) < 4.78 is 0. The first kappa shape index (κ1) is 16.4. The summed E-state index contributed by atoms with van der Waals surface area (Å²) in [4.78, 5) is 8.18. The lowest BCUT2D eigenvalue weighted by atomic mass is 9.87. The zero-order valence-corrected chi connectivity index (χ0v) is 12.9. The normalized spacial score (nSPS) is 14.4. The van der Waals surface area contributed by atoms with Crippen molar-refractivity contribution >= 4 is 12.7 Å². The molecule has 2 rings (SSSR count). The highest BCUT2D eigenvalue weighted by atomic mass is 16.4. The molecule has 0 unspecified atom stereocenters. The van der Waals surface area contributed by atoms with Gasteiger partial charge < -0.3 is 10.0 Å². The Morgan fingerprint density at radius 2 is 1.57 bits per heavy atom. The minimum Gasteiger partial charge on any atom is -0.422 e. The van der Waals surface area contributed by atoms with Gasteiger partial charge in [-0.25, -0.2) is 0 Å². The molecule has 1 aliphatic carbocycles. The summed E-state index contributed by atoms with van der Waals surface area (Å²) in [6, 6.07) is 0. The lowest BCUT2D eigenvalue weighted by molar-refractivity contribution is 0.424. The van der Waals surface area contributed by atoms with Crippen LogP contribution in [0.4, 0.5) is 0 Å². The fourth-order valence-electron chi connectivity index (χ4n) is 2.66. The van der Waals surface area contributed by atoms with Crippen LogP contribution in [0.25, 0.3) is 0 Å². The molecule has 1 aromatic heterocycles. The second-order valence-corrected chi connectivity index (χ2v) is 6.26. The number of aryl methyl sites for hydroxylation is 1. The van der Waals surface area contributed by atoms with E-state index in [-0.39, 0.29) is 5.59 Å². The molecule has 0 aromatic carbocycles. The average molecular weight is 290 g/mol. The predicted octanol–water partition coefficient (Wildman–Crippen LogP) is 2.23. The molecule has 2 N–H and O–H groups in total. The molecule has 21 heavy (non-hydrogen) atoms. The Morgan fingerprint density at radius 1 is 0.905 bits per heavy atom.